The lowest BCUT2D eigenvalue weighted by atomic mass is 10.3. The molecule has 5 nitrogen and oxygen atoms in total. The van der Waals surface area contributed by atoms with Crippen LogP contribution in [-0.4, -0.2) is 67.5 Å². The molecule has 2 N–H and O–H groups in total. The second kappa shape index (κ2) is 8.01. The molecule has 15 heavy (non-hydrogen) atoms. The van der Waals surface area contributed by atoms with Gasteiger partial charge in [-0.15, -0.1) is 0 Å². The second-order valence-corrected chi connectivity index (χ2v) is 3.60. The summed E-state index contributed by atoms with van der Waals surface area (Å²) in [5.74, 6) is 0. The minimum Gasteiger partial charge on any atom is -0.395 e. The van der Waals surface area contributed by atoms with Crippen molar-refractivity contribution >= 4 is 0 Å². The predicted molar refractivity (Wildman–Crippen MR) is 55.5 cm³/mol. The number of nitrogens with zero attached hydrogens (tertiary/aromatic N) is 1. The molecule has 0 radical (unpaired) electrons. The molecule has 1 heterocycles. The van der Waals surface area contributed by atoms with Crippen LogP contribution in [0, 0.1) is 0 Å². The number of hydrogen-bond donors (Lipinski definition) is 2. The molecule has 1 rings (SSSR count). The topological polar surface area (TPSA) is 62.2 Å². The van der Waals surface area contributed by atoms with Crippen LogP contribution < -0.4 is 0 Å². The van der Waals surface area contributed by atoms with Crippen LogP contribution in [0.15, 0.2) is 0 Å². The fraction of sp³-hybridized carbons (Fsp3) is 1.00. The highest BCUT2D eigenvalue weighted by atomic mass is 16.7. The molecule has 5 heteroatoms. The van der Waals surface area contributed by atoms with E-state index in [2.05, 4.69) is 0 Å². The summed E-state index contributed by atoms with van der Waals surface area (Å²) in [6.07, 6.45) is 1.65. The fourth-order valence-corrected chi connectivity index (χ4v) is 1.61. The summed E-state index contributed by atoms with van der Waals surface area (Å²) in [6.45, 7) is 3.74. The van der Waals surface area contributed by atoms with Crippen molar-refractivity contribution in [3.8, 4) is 0 Å². The average molecular weight is 219 g/mol. The van der Waals surface area contributed by atoms with Gasteiger partial charge in [0.2, 0.25) is 0 Å². The van der Waals surface area contributed by atoms with Gasteiger partial charge in [0.05, 0.1) is 26.4 Å². The van der Waals surface area contributed by atoms with Crippen LogP contribution in [0.5, 0.6) is 0 Å². The lowest BCUT2D eigenvalue weighted by molar-refractivity contribution is -0.182. The van der Waals surface area contributed by atoms with E-state index in [1.807, 2.05) is 4.90 Å². The first-order chi connectivity index (χ1) is 7.36. The van der Waals surface area contributed by atoms with Gasteiger partial charge < -0.3 is 19.7 Å². The molecule has 0 unspecified atom stereocenters. The Morgan fingerprint density at radius 1 is 1.00 bits per heavy atom. The first kappa shape index (κ1) is 12.9. The van der Waals surface area contributed by atoms with Crippen molar-refractivity contribution < 1.29 is 19.7 Å². The maximum atomic E-state index is 8.81. The normalized spacial score (nSPS) is 18.6. The maximum Gasteiger partial charge on any atom is 0.158 e. The highest BCUT2D eigenvalue weighted by Gasteiger charge is 2.15. The molecule has 0 aromatic heterocycles. The first-order valence-corrected chi connectivity index (χ1v) is 5.54. The van der Waals surface area contributed by atoms with Crippen LogP contribution >= 0.6 is 0 Å². The van der Waals surface area contributed by atoms with E-state index in [4.69, 9.17) is 19.7 Å². The zero-order chi connectivity index (χ0) is 10.9. The van der Waals surface area contributed by atoms with Crippen molar-refractivity contribution in [3.63, 3.8) is 0 Å². The van der Waals surface area contributed by atoms with Crippen molar-refractivity contribution in [2.75, 3.05) is 46.1 Å². The van der Waals surface area contributed by atoms with Crippen molar-refractivity contribution in [2.24, 2.45) is 0 Å². The minimum atomic E-state index is -0.112. The van der Waals surface area contributed by atoms with Crippen LogP contribution in [0.25, 0.3) is 0 Å². The summed E-state index contributed by atoms with van der Waals surface area (Å²) >= 11 is 0. The average Bonchev–Trinajstić information content (AvgIpc) is 2.28. The highest BCUT2D eigenvalue weighted by molar-refractivity contribution is 4.60. The van der Waals surface area contributed by atoms with E-state index in [0.29, 0.717) is 13.1 Å². The second-order valence-electron chi connectivity index (χ2n) is 3.60. The van der Waals surface area contributed by atoms with E-state index in [-0.39, 0.29) is 19.5 Å². The Bertz CT molecular complexity index is 144. The van der Waals surface area contributed by atoms with Crippen molar-refractivity contribution in [1.82, 2.24) is 4.90 Å². The van der Waals surface area contributed by atoms with Crippen LogP contribution in [0.3, 0.4) is 0 Å². The molecule has 0 saturated carbocycles. The van der Waals surface area contributed by atoms with Crippen LogP contribution in [0.1, 0.15) is 12.8 Å². The zero-order valence-electron chi connectivity index (χ0n) is 9.10. The summed E-state index contributed by atoms with van der Waals surface area (Å²) in [7, 11) is 0. The Kier molecular flexibility index (Phi) is 6.87. The zero-order valence-corrected chi connectivity index (χ0v) is 9.10. The summed E-state index contributed by atoms with van der Waals surface area (Å²) in [5.41, 5.74) is 0. The fourth-order valence-electron chi connectivity index (χ4n) is 1.61. The Hall–Kier alpha value is -0.200. The molecule has 0 aromatic carbocycles. The summed E-state index contributed by atoms with van der Waals surface area (Å²) in [6, 6.07) is 0. The number of ether oxygens (including phenoxy) is 2. The van der Waals surface area contributed by atoms with Gasteiger partial charge in [-0.2, -0.15) is 0 Å². The number of hydrogen-bond acceptors (Lipinski definition) is 5. The van der Waals surface area contributed by atoms with Crippen LogP contribution in [0.2, 0.25) is 0 Å². The van der Waals surface area contributed by atoms with E-state index in [0.717, 1.165) is 32.6 Å². The van der Waals surface area contributed by atoms with E-state index >= 15 is 0 Å². The molecular weight excluding hydrogens is 198 g/mol. The monoisotopic (exact) mass is 219 g/mol. The van der Waals surface area contributed by atoms with Crippen LogP contribution in [-0.2, 0) is 9.47 Å². The Morgan fingerprint density at radius 2 is 1.60 bits per heavy atom. The third-order valence-electron chi connectivity index (χ3n) is 2.41. The van der Waals surface area contributed by atoms with Gasteiger partial charge in [-0.3, -0.25) is 4.90 Å². The van der Waals surface area contributed by atoms with E-state index in [1.54, 1.807) is 0 Å². The van der Waals surface area contributed by atoms with Crippen LogP contribution in [0.4, 0.5) is 0 Å². The Balaban J connectivity index is 2.13. The molecule has 0 amide bonds. The molecule has 1 saturated heterocycles. The molecule has 0 atom stereocenters. The molecule has 0 aliphatic carbocycles. The number of aliphatic hydroxyl groups is 2. The van der Waals surface area contributed by atoms with Gasteiger partial charge in [0.25, 0.3) is 0 Å². The minimum absolute atomic E-state index is 0.112. The largest absolute Gasteiger partial charge is 0.395 e. The third-order valence-corrected chi connectivity index (χ3v) is 2.41. The Morgan fingerprint density at radius 3 is 2.13 bits per heavy atom. The van der Waals surface area contributed by atoms with Crippen molar-refractivity contribution in [3.05, 3.63) is 0 Å². The SMILES string of the molecule is OCCN(CCO)CCC1OCCCO1. The standard InChI is InChI=1S/C10H21NO4/c12-6-4-11(5-7-13)3-2-10-14-8-1-9-15-10/h10,12-13H,1-9H2. The predicted octanol–water partition coefficient (Wildman–Crippen LogP) is -0.574. The third kappa shape index (κ3) is 5.44. The van der Waals surface area contributed by atoms with Gasteiger partial charge in [-0.05, 0) is 6.42 Å². The molecule has 1 aliphatic rings. The Labute approximate surface area is 90.6 Å². The molecule has 1 aliphatic heterocycles. The first-order valence-electron chi connectivity index (χ1n) is 5.54. The summed E-state index contributed by atoms with van der Waals surface area (Å²) in [5, 5.41) is 17.6. The van der Waals surface area contributed by atoms with Gasteiger partial charge in [0.15, 0.2) is 6.29 Å². The highest BCUT2D eigenvalue weighted by Crippen LogP contribution is 2.09. The van der Waals surface area contributed by atoms with Crippen molar-refractivity contribution in [1.29, 1.82) is 0 Å². The maximum absolute atomic E-state index is 8.81. The van der Waals surface area contributed by atoms with Gasteiger partial charge in [0, 0.05) is 26.1 Å². The van der Waals surface area contributed by atoms with Gasteiger partial charge in [-0.25, -0.2) is 0 Å². The summed E-state index contributed by atoms with van der Waals surface area (Å²) in [4.78, 5) is 2.00. The smallest absolute Gasteiger partial charge is 0.158 e. The lowest BCUT2D eigenvalue weighted by Gasteiger charge is -2.26. The molecular formula is C10H21NO4. The van der Waals surface area contributed by atoms with Gasteiger partial charge in [0.1, 0.15) is 0 Å². The van der Waals surface area contributed by atoms with E-state index in [1.165, 1.54) is 0 Å². The van der Waals surface area contributed by atoms with Gasteiger partial charge in [-0.1, -0.05) is 0 Å². The number of aliphatic hydroxyl groups excluding tert-OH is 2. The molecule has 0 bridgehead atoms. The van der Waals surface area contributed by atoms with Gasteiger partial charge >= 0.3 is 0 Å². The number of rotatable bonds is 7. The summed E-state index contributed by atoms with van der Waals surface area (Å²) < 4.78 is 10.8. The molecule has 90 valence electrons. The molecule has 0 spiro atoms. The van der Waals surface area contributed by atoms with Crippen molar-refractivity contribution in [2.45, 2.75) is 19.1 Å². The van der Waals surface area contributed by atoms with E-state index in [9.17, 15) is 0 Å². The quantitative estimate of drug-likeness (QED) is 0.600. The lowest BCUT2D eigenvalue weighted by Crippen LogP contribution is -2.35. The molecule has 1 fully saturated rings. The van der Waals surface area contributed by atoms with E-state index < -0.39 is 0 Å². The molecule has 0 aromatic rings.